The van der Waals surface area contributed by atoms with E-state index in [2.05, 4.69) is 26.0 Å². The van der Waals surface area contributed by atoms with E-state index in [0.717, 1.165) is 12.0 Å². The first-order chi connectivity index (χ1) is 6.09. The van der Waals surface area contributed by atoms with Gasteiger partial charge in [-0.05, 0) is 30.4 Å². The second-order valence-electron chi connectivity index (χ2n) is 4.02. The molecule has 0 aliphatic carbocycles. The lowest BCUT2D eigenvalue weighted by molar-refractivity contribution is 0.199. The molecule has 0 bridgehead atoms. The first-order valence-corrected chi connectivity index (χ1v) is 4.86. The van der Waals surface area contributed by atoms with E-state index in [1.807, 2.05) is 12.1 Å². The van der Waals surface area contributed by atoms with Crippen LogP contribution >= 0.6 is 0 Å². The summed E-state index contributed by atoms with van der Waals surface area (Å²) in [4.78, 5) is 0. The molecule has 1 N–H and O–H groups in total. The summed E-state index contributed by atoms with van der Waals surface area (Å²) in [5, 5.41) is 9.30. The van der Waals surface area contributed by atoms with Crippen LogP contribution in [0.25, 0.3) is 0 Å². The molecule has 0 radical (unpaired) electrons. The van der Waals surface area contributed by atoms with Crippen molar-refractivity contribution in [2.24, 2.45) is 5.92 Å². The van der Waals surface area contributed by atoms with E-state index in [9.17, 15) is 5.11 Å². The molecule has 0 aromatic heterocycles. The average Bonchev–Trinajstić information content (AvgIpc) is 2.04. The molecular formula is C12H18O. The predicted molar refractivity (Wildman–Crippen MR) is 55.6 cm³/mol. The lowest BCUT2D eigenvalue weighted by atomic mass is 10.0. The SMILES string of the molecule is CC(C)Cc1ccc([C@@H](C)O)cc1. The highest BCUT2D eigenvalue weighted by Gasteiger charge is 2.01. The molecule has 0 heterocycles. The van der Waals surface area contributed by atoms with Crippen LogP contribution in [0.2, 0.25) is 0 Å². The highest BCUT2D eigenvalue weighted by molar-refractivity contribution is 5.24. The Morgan fingerprint density at radius 3 is 2.00 bits per heavy atom. The van der Waals surface area contributed by atoms with Crippen LogP contribution in [0.5, 0.6) is 0 Å². The van der Waals surface area contributed by atoms with Crippen LogP contribution in [0.3, 0.4) is 0 Å². The lowest BCUT2D eigenvalue weighted by Gasteiger charge is -2.07. The molecule has 0 saturated carbocycles. The van der Waals surface area contributed by atoms with Gasteiger partial charge in [0, 0.05) is 0 Å². The molecular weight excluding hydrogens is 160 g/mol. The van der Waals surface area contributed by atoms with Crippen molar-refractivity contribution in [1.29, 1.82) is 0 Å². The smallest absolute Gasteiger partial charge is 0.0761 e. The summed E-state index contributed by atoms with van der Waals surface area (Å²) in [7, 11) is 0. The molecule has 1 aromatic rings. The zero-order chi connectivity index (χ0) is 9.84. The molecule has 0 amide bonds. The maximum Gasteiger partial charge on any atom is 0.0761 e. The fraction of sp³-hybridized carbons (Fsp3) is 0.500. The van der Waals surface area contributed by atoms with Gasteiger partial charge >= 0.3 is 0 Å². The summed E-state index contributed by atoms with van der Waals surface area (Å²) in [5.74, 6) is 0.692. The Morgan fingerprint density at radius 2 is 1.62 bits per heavy atom. The van der Waals surface area contributed by atoms with Crippen molar-refractivity contribution in [2.75, 3.05) is 0 Å². The van der Waals surface area contributed by atoms with Crippen LogP contribution in [-0.4, -0.2) is 5.11 Å². The molecule has 0 aliphatic rings. The molecule has 1 rings (SSSR count). The fourth-order valence-corrected chi connectivity index (χ4v) is 1.40. The van der Waals surface area contributed by atoms with Gasteiger partial charge in [0.1, 0.15) is 0 Å². The van der Waals surface area contributed by atoms with Gasteiger partial charge in [-0.2, -0.15) is 0 Å². The standard InChI is InChI=1S/C12H18O/c1-9(2)8-11-4-6-12(7-5-11)10(3)13/h4-7,9-10,13H,8H2,1-3H3/t10-/m1/s1. The Hall–Kier alpha value is -0.820. The van der Waals surface area contributed by atoms with Gasteiger partial charge in [-0.1, -0.05) is 38.1 Å². The molecule has 1 nitrogen and oxygen atoms in total. The van der Waals surface area contributed by atoms with Gasteiger partial charge in [0.15, 0.2) is 0 Å². The maximum atomic E-state index is 9.30. The summed E-state index contributed by atoms with van der Waals surface area (Å²) < 4.78 is 0. The number of aliphatic hydroxyl groups is 1. The van der Waals surface area contributed by atoms with Crippen LogP contribution in [-0.2, 0) is 6.42 Å². The molecule has 1 heteroatoms. The summed E-state index contributed by atoms with van der Waals surface area (Å²) >= 11 is 0. The molecule has 0 unspecified atom stereocenters. The molecule has 1 aromatic carbocycles. The van der Waals surface area contributed by atoms with E-state index in [1.165, 1.54) is 5.56 Å². The Bertz CT molecular complexity index is 246. The van der Waals surface area contributed by atoms with Crippen molar-refractivity contribution in [3.05, 3.63) is 35.4 Å². The number of aliphatic hydroxyl groups excluding tert-OH is 1. The van der Waals surface area contributed by atoms with Crippen LogP contribution < -0.4 is 0 Å². The Morgan fingerprint density at radius 1 is 1.08 bits per heavy atom. The minimum Gasteiger partial charge on any atom is -0.389 e. The van der Waals surface area contributed by atoms with E-state index < -0.39 is 0 Å². The van der Waals surface area contributed by atoms with Gasteiger partial charge in [-0.15, -0.1) is 0 Å². The highest BCUT2D eigenvalue weighted by atomic mass is 16.3. The number of hydrogen-bond acceptors (Lipinski definition) is 1. The second kappa shape index (κ2) is 4.43. The Balaban J connectivity index is 2.70. The summed E-state index contributed by atoms with van der Waals surface area (Å²) in [5.41, 5.74) is 2.34. The molecule has 0 saturated heterocycles. The monoisotopic (exact) mass is 178 g/mol. The lowest BCUT2D eigenvalue weighted by Crippen LogP contribution is -1.95. The quantitative estimate of drug-likeness (QED) is 0.754. The number of rotatable bonds is 3. The third kappa shape index (κ3) is 3.19. The van der Waals surface area contributed by atoms with Gasteiger partial charge in [0.25, 0.3) is 0 Å². The van der Waals surface area contributed by atoms with Gasteiger partial charge in [-0.3, -0.25) is 0 Å². The molecule has 0 aliphatic heterocycles. The minimum absolute atomic E-state index is 0.354. The zero-order valence-corrected chi connectivity index (χ0v) is 8.62. The molecule has 0 spiro atoms. The normalized spacial score (nSPS) is 13.3. The van der Waals surface area contributed by atoms with Crippen molar-refractivity contribution < 1.29 is 5.11 Å². The van der Waals surface area contributed by atoms with Gasteiger partial charge in [0.05, 0.1) is 6.10 Å². The summed E-state index contributed by atoms with van der Waals surface area (Å²) in [6, 6.07) is 8.20. The highest BCUT2D eigenvalue weighted by Crippen LogP contribution is 2.14. The van der Waals surface area contributed by atoms with Gasteiger partial charge < -0.3 is 5.11 Å². The third-order valence-corrected chi connectivity index (χ3v) is 2.11. The molecule has 72 valence electrons. The number of benzene rings is 1. The van der Waals surface area contributed by atoms with E-state index >= 15 is 0 Å². The first kappa shape index (κ1) is 10.3. The maximum absolute atomic E-state index is 9.30. The van der Waals surface area contributed by atoms with Gasteiger partial charge in [0.2, 0.25) is 0 Å². The topological polar surface area (TPSA) is 20.2 Å². The third-order valence-electron chi connectivity index (χ3n) is 2.11. The van der Waals surface area contributed by atoms with Crippen molar-refractivity contribution in [1.82, 2.24) is 0 Å². The first-order valence-electron chi connectivity index (χ1n) is 4.86. The van der Waals surface area contributed by atoms with Crippen molar-refractivity contribution in [2.45, 2.75) is 33.3 Å². The zero-order valence-electron chi connectivity index (χ0n) is 8.62. The fourth-order valence-electron chi connectivity index (χ4n) is 1.40. The van der Waals surface area contributed by atoms with Crippen LogP contribution in [0.4, 0.5) is 0 Å². The van der Waals surface area contributed by atoms with Crippen molar-refractivity contribution in [3.8, 4) is 0 Å². The van der Waals surface area contributed by atoms with Crippen molar-refractivity contribution in [3.63, 3.8) is 0 Å². The molecule has 13 heavy (non-hydrogen) atoms. The van der Waals surface area contributed by atoms with Crippen molar-refractivity contribution >= 4 is 0 Å². The Labute approximate surface area is 80.4 Å². The number of hydrogen-bond donors (Lipinski definition) is 1. The Kier molecular flexibility index (Phi) is 3.49. The van der Waals surface area contributed by atoms with Crippen LogP contribution in [0.15, 0.2) is 24.3 Å². The van der Waals surface area contributed by atoms with Crippen LogP contribution in [0, 0.1) is 5.92 Å². The summed E-state index contributed by atoms with van der Waals surface area (Å²) in [6.07, 6.45) is 0.758. The van der Waals surface area contributed by atoms with E-state index in [-0.39, 0.29) is 6.10 Å². The van der Waals surface area contributed by atoms with Gasteiger partial charge in [-0.25, -0.2) is 0 Å². The van der Waals surface area contributed by atoms with E-state index in [1.54, 1.807) is 6.92 Å². The average molecular weight is 178 g/mol. The molecule has 0 fully saturated rings. The van der Waals surface area contributed by atoms with E-state index in [4.69, 9.17) is 0 Å². The second-order valence-corrected chi connectivity index (χ2v) is 4.02. The minimum atomic E-state index is -0.354. The largest absolute Gasteiger partial charge is 0.389 e. The summed E-state index contributed by atoms with van der Waals surface area (Å²) in [6.45, 7) is 6.21. The van der Waals surface area contributed by atoms with Crippen LogP contribution in [0.1, 0.15) is 38.0 Å². The predicted octanol–water partition coefficient (Wildman–Crippen LogP) is 2.94. The molecule has 1 atom stereocenters. The van der Waals surface area contributed by atoms with E-state index in [0.29, 0.717) is 5.92 Å².